The summed E-state index contributed by atoms with van der Waals surface area (Å²) in [6.45, 7) is 3.67. The maximum atomic E-state index is 5.92. The van der Waals surface area contributed by atoms with Crippen LogP contribution in [0.1, 0.15) is 45.4 Å². The van der Waals surface area contributed by atoms with E-state index < -0.39 is 0 Å². The summed E-state index contributed by atoms with van der Waals surface area (Å²) in [5, 5.41) is 3.42. The van der Waals surface area contributed by atoms with Crippen LogP contribution < -0.4 is 14.8 Å². The molecule has 0 amide bonds. The highest BCUT2D eigenvalue weighted by atomic mass is 16.5. The Labute approximate surface area is 157 Å². The molecule has 2 aromatic carbocycles. The number of hydrogen-bond donors (Lipinski definition) is 1. The molecule has 26 heavy (non-hydrogen) atoms. The summed E-state index contributed by atoms with van der Waals surface area (Å²) in [5.74, 6) is 2.74. The van der Waals surface area contributed by atoms with E-state index in [0.717, 1.165) is 36.3 Å². The second-order valence-electron chi connectivity index (χ2n) is 7.29. The molecule has 1 N–H and O–H groups in total. The van der Waals surface area contributed by atoms with Gasteiger partial charge in [0.25, 0.3) is 0 Å². The first kappa shape index (κ1) is 18.6. The van der Waals surface area contributed by atoms with Crippen LogP contribution >= 0.6 is 0 Å². The molecule has 1 saturated carbocycles. The van der Waals surface area contributed by atoms with Gasteiger partial charge in [-0.05, 0) is 55.7 Å². The highest BCUT2D eigenvalue weighted by molar-refractivity contribution is 5.46. The molecule has 0 saturated heterocycles. The predicted molar refractivity (Wildman–Crippen MR) is 108 cm³/mol. The molecule has 140 valence electrons. The Morgan fingerprint density at radius 3 is 2.38 bits per heavy atom. The molecule has 1 fully saturated rings. The van der Waals surface area contributed by atoms with Gasteiger partial charge in [0.05, 0.1) is 13.2 Å². The minimum Gasteiger partial charge on any atom is -0.494 e. The molecule has 1 unspecified atom stereocenters. The molecular formula is C23H31NO2. The van der Waals surface area contributed by atoms with E-state index in [4.69, 9.17) is 9.47 Å². The standard InChI is InChI=1S/C23H31NO2/c1-19(26-23-10-6-3-7-11-23)18-24-21-12-14-22(15-13-21)25-17-16-20-8-4-2-5-9-20/h3,6-7,10-15,19-20,24H,2,4-5,8-9,16-18H2,1H3. The summed E-state index contributed by atoms with van der Waals surface area (Å²) in [7, 11) is 0. The Morgan fingerprint density at radius 2 is 1.65 bits per heavy atom. The first-order chi connectivity index (χ1) is 12.8. The van der Waals surface area contributed by atoms with Gasteiger partial charge in [-0.25, -0.2) is 0 Å². The van der Waals surface area contributed by atoms with Crippen molar-refractivity contribution in [3.8, 4) is 11.5 Å². The normalized spacial score (nSPS) is 16.0. The largest absolute Gasteiger partial charge is 0.494 e. The van der Waals surface area contributed by atoms with Crippen molar-refractivity contribution in [3.05, 3.63) is 54.6 Å². The highest BCUT2D eigenvalue weighted by Gasteiger charge is 2.13. The van der Waals surface area contributed by atoms with Crippen LogP contribution in [0.4, 0.5) is 5.69 Å². The van der Waals surface area contributed by atoms with E-state index in [0.29, 0.717) is 0 Å². The van der Waals surface area contributed by atoms with Crippen molar-refractivity contribution in [2.24, 2.45) is 5.92 Å². The Kier molecular flexibility index (Phi) is 7.24. The number of nitrogens with one attached hydrogen (secondary N) is 1. The zero-order valence-electron chi connectivity index (χ0n) is 15.8. The van der Waals surface area contributed by atoms with E-state index in [-0.39, 0.29) is 6.10 Å². The highest BCUT2D eigenvalue weighted by Crippen LogP contribution is 2.26. The van der Waals surface area contributed by atoms with Gasteiger partial charge in [0.15, 0.2) is 0 Å². The van der Waals surface area contributed by atoms with Crippen LogP contribution in [0.25, 0.3) is 0 Å². The van der Waals surface area contributed by atoms with Gasteiger partial charge in [-0.1, -0.05) is 50.3 Å². The maximum absolute atomic E-state index is 5.92. The summed E-state index contributed by atoms with van der Waals surface area (Å²) in [6, 6.07) is 18.2. The lowest BCUT2D eigenvalue weighted by molar-refractivity contribution is 0.235. The number of anilines is 1. The topological polar surface area (TPSA) is 30.5 Å². The third-order valence-electron chi connectivity index (χ3n) is 5.05. The molecule has 3 rings (SSSR count). The summed E-state index contributed by atoms with van der Waals surface area (Å²) >= 11 is 0. The van der Waals surface area contributed by atoms with Crippen molar-refractivity contribution >= 4 is 5.69 Å². The Morgan fingerprint density at radius 1 is 0.923 bits per heavy atom. The van der Waals surface area contributed by atoms with Gasteiger partial charge in [0, 0.05) is 5.69 Å². The fraction of sp³-hybridized carbons (Fsp3) is 0.478. The van der Waals surface area contributed by atoms with Gasteiger partial charge in [-0.2, -0.15) is 0 Å². The van der Waals surface area contributed by atoms with Crippen molar-refractivity contribution in [2.75, 3.05) is 18.5 Å². The van der Waals surface area contributed by atoms with Crippen LogP contribution in [-0.4, -0.2) is 19.3 Å². The Balaban J connectivity index is 1.35. The maximum Gasteiger partial charge on any atom is 0.119 e. The van der Waals surface area contributed by atoms with E-state index >= 15 is 0 Å². The molecule has 1 atom stereocenters. The number of ether oxygens (including phenoxy) is 2. The summed E-state index contributed by atoms with van der Waals surface area (Å²) in [4.78, 5) is 0. The van der Waals surface area contributed by atoms with Gasteiger partial charge in [-0.3, -0.25) is 0 Å². The molecule has 1 aliphatic carbocycles. The molecule has 0 aliphatic heterocycles. The number of rotatable bonds is 9. The van der Waals surface area contributed by atoms with Gasteiger partial charge < -0.3 is 14.8 Å². The van der Waals surface area contributed by atoms with Crippen LogP contribution in [0.2, 0.25) is 0 Å². The lowest BCUT2D eigenvalue weighted by Gasteiger charge is -2.21. The smallest absolute Gasteiger partial charge is 0.119 e. The van der Waals surface area contributed by atoms with Gasteiger partial charge in [0.1, 0.15) is 17.6 Å². The van der Waals surface area contributed by atoms with Gasteiger partial charge in [0.2, 0.25) is 0 Å². The van der Waals surface area contributed by atoms with Crippen LogP contribution in [0.3, 0.4) is 0 Å². The third-order valence-corrected chi connectivity index (χ3v) is 5.05. The summed E-state index contributed by atoms with van der Waals surface area (Å²) in [6.07, 6.45) is 8.28. The van der Waals surface area contributed by atoms with Crippen LogP contribution in [0, 0.1) is 5.92 Å². The van der Waals surface area contributed by atoms with Gasteiger partial charge in [-0.15, -0.1) is 0 Å². The third kappa shape index (κ3) is 6.29. The molecule has 3 nitrogen and oxygen atoms in total. The molecule has 0 bridgehead atoms. The number of para-hydroxylation sites is 1. The second-order valence-corrected chi connectivity index (χ2v) is 7.29. The van der Waals surface area contributed by atoms with E-state index in [1.165, 1.54) is 38.5 Å². The van der Waals surface area contributed by atoms with E-state index in [1.54, 1.807) is 0 Å². The number of hydrogen-bond acceptors (Lipinski definition) is 3. The molecule has 0 radical (unpaired) electrons. The zero-order valence-corrected chi connectivity index (χ0v) is 15.8. The molecule has 0 spiro atoms. The lowest BCUT2D eigenvalue weighted by Crippen LogP contribution is -2.22. The number of benzene rings is 2. The van der Waals surface area contributed by atoms with E-state index in [2.05, 4.69) is 24.4 Å². The summed E-state index contributed by atoms with van der Waals surface area (Å²) in [5.41, 5.74) is 1.09. The molecular weight excluding hydrogens is 322 g/mol. The first-order valence-electron chi connectivity index (χ1n) is 9.98. The lowest BCUT2D eigenvalue weighted by atomic mass is 9.87. The Bertz CT molecular complexity index is 620. The van der Waals surface area contributed by atoms with Crippen LogP contribution in [0.5, 0.6) is 11.5 Å². The SMILES string of the molecule is CC(CNc1ccc(OCCC2CCCCC2)cc1)Oc1ccccc1. The molecule has 1 aliphatic rings. The van der Waals surface area contributed by atoms with Crippen LogP contribution in [0.15, 0.2) is 54.6 Å². The minimum atomic E-state index is 0.101. The fourth-order valence-electron chi connectivity index (χ4n) is 3.52. The van der Waals surface area contributed by atoms with Crippen molar-refractivity contribution in [1.29, 1.82) is 0 Å². The second kappa shape index (κ2) is 10.1. The molecule has 3 heteroatoms. The van der Waals surface area contributed by atoms with Crippen molar-refractivity contribution in [1.82, 2.24) is 0 Å². The Hall–Kier alpha value is -2.16. The molecule has 2 aromatic rings. The zero-order chi connectivity index (χ0) is 18.0. The fourth-order valence-corrected chi connectivity index (χ4v) is 3.52. The van der Waals surface area contributed by atoms with Crippen molar-refractivity contribution < 1.29 is 9.47 Å². The van der Waals surface area contributed by atoms with E-state index in [1.807, 2.05) is 42.5 Å². The molecule has 0 aromatic heterocycles. The minimum absolute atomic E-state index is 0.101. The van der Waals surface area contributed by atoms with Crippen LogP contribution in [-0.2, 0) is 0 Å². The average Bonchev–Trinajstić information content (AvgIpc) is 2.69. The molecule has 0 heterocycles. The predicted octanol–water partition coefficient (Wildman–Crippen LogP) is 5.92. The quantitative estimate of drug-likeness (QED) is 0.607. The average molecular weight is 354 g/mol. The van der Waals surface area contributed by atoms with Crippen molar-refractivity contribution in [2.45, 2.75) is 51.6 Å². The monoisotopic (exact) mass is 353 g/mol. The first-order valence-corrected chi connectivity index (χ1v) is 9.98. The van der Waals surface area contributed by atoms with Gasteiger partial charge >= 0.3 is 0 Å². The van der Waals surface area contributed by atoms with Crippen molar-refractivity contribution in [3.63, 3.8) is 0 Å². The summed E-state index contributed by atoms with van der Waals surface area (Å²) < 4.78 is 11.8. The van der Waals surface area contributed by atoms with E-state index in [9.17, 15) is 0 Å².